The lowest BCUT2D eigenvalue weighted by atomic mass is 9.61. The molecule has 0 radical (unpaired) electrons. The largest absolute Gasteiger partial charge is 0.330 e. The van der Waals surface area contributed by atoms with Crippen LogP contribution in [-0.2, 0) is 0 Å². The van der Waals surface area contributed by atoms with Crippen molar-refractivity contribution in [2.24, 2.45) is 17.1 Å². The van der Waals surface area contributed by atoms with Crippen molar-refractivity contribution in [1.29, 1.82) is 0 Å². The third kappa shape index (κ3) is 2.31. The minimum absolute atomic E-state index is 0.705. The zero-order valence-corrected chi connectivity index (χ0v) is 9.43. The maximum absolute atomic E-state index is 5.73. The third-order valence-electron chi connectivity index (χ3n) is 4.54. The van der Waals surface area contributed by atoms with E-state index in [1.165, 1.54) is 64.2 Å². The van der Waals surface area contributed by atoms with Crippen molar-refractivity contribution in [1.82, 2.24) is 0 Å². The third-order valence-corrected chi connectivity index (χ3v) is 4.54. The highest BCUT2D eigenvalue weighted by atomic mass is 14.6. The first-order valence-corrected chi connectivity index (χ1v) is 6.55. The molecule has 1 heteroatoms. The van der Waals surface area contributed by atoms with Crippen molar-refractivity contribution >= 4 is 0 Å². The molecule has 0 amide bonds. The van der Waals surface area contributed by atoms with Crippen molar-refractivity contribution < 1.29 is 0 Å². The Kier molecular flexibility index (Phi) is 3.48. The Morgan fingerprint density at radius 2 is 1.71 bits per heavy atom. The van der Waals surface area contributed by atoms with Crippen LogP contribution < -0.4 is 5.73 Å². The van der Waals surface area contributed by atoms with Crippen LogP contribution in [0, 0.1) is 11.3 Å². The van der Waals surface area contributed by atoms with Gasteiger partial charge in [0.05, 0.1) is 0 Å². The Balaban J connectivity index is 1.80. The molecule has 0 aliphatic heterocycles. The zero-order chi connectivity index (χ0) is 9.86. The van der Waals surface area contributed by atoms with Crippen molar-refractivity contribution in [2.75, 3.05) is 6.54 Å². The molecule has 2 saturated carbocycles. The van der Waals surface area contributed by atoms with Gasteiger partial charge in [-0.3, -0.25) is 0 Å². The molecular formula is C13H25N. The van der Waals surface area contributed by atoms with Gasteiger partial charge in [0.15, 0.2) is 0 Å². The van der Waals surface area contributed by atoms with Gasteiger partial charge in [0.2, 0.25) is 0 Å². The van der Waals surface area contributed by atoms with E-state index in [-0.39, 0.29) is 0 Å². The summed E-state index contributed by atoms with van der Waals surface area (Å²) in [5, 5.41) is 0. The summed E-state index contributed by atoms with van der Waals surface area (Å²) in [6.45, 7) is 0.909. The minimum atomic E-state index is 0.705. The molecule has 0 saturated heterocycles. The lowest BCUT2D eigenvalue weighted by Gasteiger charge is -2.45. The van der Waals surface area contributed by atoms with E-state index in [4.69, 9.17) is 5.73 Å². The van der Waals surface area contributed by atoms with Crippen LogP contribution in [-0.4, -0.2) is 6.54 Å². The summed E-state index contributed by atoms with van der Waals surface area (Å²) >= 11 is 0. The summed E-state index contributed by atoms with van der Waals surface area (Å²) in [6, 6.07) is 0. The van der Waals surface area contributed by atoms with Crippen LogP contribution >= 0.6 is 0 Å². The van der Waals surface area contributed by atoms with Gasteiger partial charge in [0.25, 0.3) is 0 Å². The topological polar surface area (TPSA) is 26.0 Å². The van der Waals surface area contributed by atoms with Crippen molar-refractivity contribution in [3.63, 3.8) is 0 Å². The van der Waals surface area contributed by atoms with E-state index in [0.29, 0.717) is 5.41 Å². The summed E-state index contributed by atoms with van der Waals surface area (Å²) in [4.78, 5) is 0. The predicted octanol–water partition coefficient (Wildman–Crippen LogP) is 3.48. The second-order valence-electron chi connectivity index (χ2n) is 5.60. The molecule has 0 aromatic heterocycles. The summed E-state index contributed by atoms with van der Waals surface area (Å²) in [7, 11) is 0. The predicted molar refractivity (Wildman–Crippen MR) is 61.1 cm³/mol. The second kappa shape index (κ2) is 4.65. The van der Waals surface area contributed by atoms with E-state index in [1.807, 2.05) is 0 Å². The highest BCUT2D eigenvalue weighted by Gasteiger charge is 2.37. The zero-order valence-electron chi connectivity index (χ0n) is 9.43. The molecule has 0 heterocycles. The molecule has 2 N–H and O–H groups in total. The fraction of sp³-hybridized carbons (Fsp3) is 1.00. The molecule has 0 unspecified atom stereocenters. The van der Waals surface area contributed by atoms with Crippen LogP contribution in [0.4, 0.5) is 0 Å². The van der Waals surface area contributed by atoms with Crippen LogP contribution in [0.2, 0.25) is 0 Å². The first-order valence-electron chi connectivity index (χ1n) is 6.55. The van der Waals surface area contributed by atoms with E-state index in [2.05, 4.69) is 0 Å². The first-order chi connectivity index (χ1) is 6.85. The molecule has 82 valence electrons. The average molecular weight is 195 g/mol. The molecular weight excluding hydrogens is 170 g/mol. The lowest BCUT2D eigenvalue weighted by Crippen LogP contribution is -2.34. The van der Waals surface area contributed by atoms with Crippen molar-refractivity contribution in [3.8, 4) is 0 Å². The highest BCUT2D eigenvalue weighted by Crippen LogP contribution is 2.50. The molecule has 0 spiro atoms. The van der Waals surface area contributed by atoms with Gasteiger partial charge in [-0.1, -0.05) is 38.5 Å². The van der Waals surface area contributed by atoms with E-state index >= 15 is 0 Å². The lowest BCUT2D eigenvalue weighted by molar-refractivity contribution is 0.0738. The van der Waals surface area contributed by atoms with Gasteiger partial charge in [-0.15, -0.1) is 0 Å². The van der Waals surface area contributed by atoms with E-state index in [0.717, 1.165) is 12.5 Å². The van der Waals surface area contributed by atoms with Gasteiger partial charge in [0.1, 0.15) is 0 Å². The van der Waals surface area contributed by atoms with Crippen LogP contribution in [0.15, 0.2) is 0 Å². The van der Waals surface area contributed by atoms with E-state index in [9.17, 15) is 0 Å². The van der Waals surface area contributed by atoms with Crippen molar-refractivity contribution in [3.05, 3.63) is 0 Å². The smallest absolute Gasteiger partial charge is 0.00720 e. The average Bonchev–Trinajstić information content (AvgIpc) is 2.16. The normalized spacial score (nSPS) is 27.2. The molecule has 1 nitrogen and oxygen atoms in total. The van der Waals surface area contributed by atoms with Gasteiger partial charge < -0.3 is 5.73 Å². The molecule has 2 aliphatic rings. The Bertz CT molecular complexity index is 166. The minimum Gasteiger partial charge on any atom is -0.330 e. The Morgan fingerprint density at radius 3 is 2.21 bits per heavy atom. The SMILES string of the molecule is NCCC1(CC2CCCCC2)CCC1. The number of rotatable bonds is 4. The first kappa shape index (κ1) is 10.5. The fourth-order valence-electron chi connectivity index (χ4n) is 3.54. The molecule has 14 heavy (non-hydrogen) atoms. The number of hydrogen-bond donors (Lipinski definition) is 1. The summed E-state index contributed by atoms with van der Waals surface area (Å²) in [6.07, 6.45) is 14.7. The Labute approximate surface area is 88.4 Å². The van der Waals surface area contributed by atoms with Crippen LogP contribution in [0.3, 0.4) is 0 Å². The van der Waals surface area contributed by atoms with Gasteiger partial charge in [-0.25, -0.2) is 0 Å². The molecule has 2 fully saturated rings. The Morgan fingerprint density at radius 1 is 1.00 bits per heavy atom. The maximum atomic E-state index is 5.73. The maximum Gasteiger partial charge on any atom is -0.00720 e. The van der Waals surface area contributed by atoms with Crippen molar-refractivity contribution in [2.45, 2.75) is 64.2 Å². The van der Waals surface area contributed by atoms with Gasteiger partial charge >= 0.3 is 0 Å². The van der Waals surface area contributed by atoms with Crippen LogP contribution in [0.5, 0.6) is 0 Å². The number of hydrogen-bond acceptors (Lipinski definition) is 1. The molecule has 2 aliphatic carbocycles. The molecule has 0 aromatic carbocycles. The Hall–Kier alpha value is -0.0400. The molecule has 0 atom stereocenters. The molecule has 0 aromatic rings. The quantitative estimate of drug-likeness (QED) is 0.730. The highest BCUT2D eigenvalue weighted by molar-refractivity contribution is 4.90. The molecule has 0 bridgehead atoms. The van der Waals surface area contributed by atoms with Gasteiger partial charge in [-0.05, 0) is 43.6 Å². The van der Waals surface area contributed by atoms with Crippen LogP contribution in [0.25, 0.3) is 0 Å². The monoisotopic (exact) mass is 195 g/mol. The van der Waals surface area contributed by atoms with Gasteiger partial charge in [0, 0.05) is 0 Å². The van der Waals surface area contributed by atoms with E-state index in [1.54, 1.807) is 0 Å². The summed E-state index contributed by atoms with van der Waals surface area (Å²) in [5.74, 6) is 1.05. The van der Waals surface area contributed by atoms with E-state index < -0.39 is 0 Å². The molecule has 2 rings (SSSR count). The van der Waals surface area contributed by atoms with Gasteiger partial charge in [-0.2, -0.15) is 0 Å². The summed E-state index contributed by atoms with van der Waals surface area (Å²) in [5.41, 5.74) is 6.43. The number of nitrogens with two attached hydrogens (primary N) is 1. The van der Waals surface area contributed by atoms with Crippen LogP contribution in [0.1, 0.15) is 64.2 Å². The fourth-order valence-corrected chi connectivity index (χ4v) is 3.54. The standard InChI is InChI=1S/C13H25N/c14-10-9-13(7-4-8-13)11-12-5-2-1-3-6-12/h12H,1-11,14H2. The summed E-state index contributed by atoms with van der Waals surface area (Å²) < 4.78 is 0. The second-order valence-corrected chi connectivity index (χ2v) is 5.60.